The van der Waals surface area contributed by atoms with Crippen LogP contribution in [-0.4, -0.2) is 10.9 Å². The standard InChI is InChI=1S/C24H20N2O4/c27-23(20-11-12-21(26-24(20)28)22-10-5-13-29-22)25-15-18-8-4-9-19(14-18)30-16-17-6-2-1-3-7-17/h1-14H,15-16H2,(H,25,27)(H,26,28). The lowest BCUT2D eigenvalue weighted by Gasteiger charge is -2.09. The van der Waals surface area contributed by atoms with Crippen molar-refractivity contribution in [2.24, 2.45) is 0 Å². The third kappa shape index (κ3) is 4.67. The number of rotatable bonds is 7. The summed E-state index contributed by atoms with van der Waals surface area (Å²) in [6.45, 7) is 0.745. The van der Waals surface area contributed by atoms with E-state index in [1.54, 1.807) is 18.2 Å². The van der Waals surface area contributed by atoms with Gasteiger partial charge in [-0.05, 0) is 47.5 Å². The molecule has 150 valence electrons. The van der Waals surface area contributed by atoms with Crippen molar-refractivity contribution in [3.8, 4) is 17.2 Å². The van der Waals surface area contributed by atoms with Gasteiger partial charge >= 0.3 is 0 Å². The van der Waals surface area contributed by atoms with Crippen LogP contribution in [0.25, 0.3) is 11.5 Å². The highest BCUT2D eigenvalue weighted by atomic mass is 16.5. The average Bonchev–Trinajstić information content (AvgIpc) is 3.32. The number of aromatic amines is 1. The summed E-state index contributed by atoms with van der Waals surface area (Å²) in [6, 6.07) is 24.0. The fraction of sp³-hybridized carbons (Fsp3) is 0.0833. The maximum absolute atomic E-state index is 12.4. The van der Waals surface area contributed by atoms with E-state index in [2.05, 4.69) is 10.3 Å². The number of nitrogens with one attached hydrogen (secondary N) is 2. The molecule has 2 aromatic carbocycles. The number of pyridine rings is 1. The van der Waals surface area contributed by atoms with Gasteiger partial charge in [-0.25, -0.2) is 0 Å². The molecule has 0 saturated heterocycles. The van der Waals surface area contributed by atoms with Crippen molar-refractivity contribution in [3.05, 3.63) is 112 Å². The Hall–Kier alpha value is -4.06. The highest BCUT2D eigenvalue weighted by Gasteiger charge is 2.12. The molecule has 0 aliphatic heterocycles. The highest BCUT2D eigenvalue weighted by Crippen LogP contribution is 2.17. The largest absolute Gasteiger partial charge is 0.489 e. The normalized spacial score (nSPS) is 10.5. The molecule has 2 aromatic heterocycles. The topological polar surface area (TPSA) is 84.3 Å². The number of carbonyl (C=O) groups is 1. The van der Waals surface area contributed by atoms with Crippen LogP contribution in [0.3, 0.4) is 0 Å². The van der Waals surface area contributed by atoms with Crippen LogP contribution in [0.5, 0.6) is 5.75 Å². The van der Waals surface area contributed by atoms with Crippen LogP contribution in [0.1, 0.15) is 21.5 Å². The van der Waals surface area contributed by atoms with Gasteiger partial charge in [0.1, 0.15) is 23.7 Å². The molecule has 0 aliphatic carbocycles. The Morgan fingerprint density at radius 2 is 1.77 bits per heavy atom. The van der Waals surface area contributed by atoms with Crippen LogP contribution in [-0.2, 0) is 13.2 Å². The van der Waals surface area contributed by atoms with Gasteiger partial charge in [-0.2, -0.15) is 0 Å². The molecule has 2 N–H and O–H groups in total. The van der Waals surface area contributed by atoms with E-state index in [0.717, 1.165) is 11.1 Å². The average molecular weight is 400 g/mol. The van der Waals surface area contributed by atoms with Crippen molar-refractivity contribution in [2.45, 2.75) is 13.2 Å². The molecule has 0 bridgehead atoms. The summed E-state index contributed by atoms with van der Waals surface area (Å²) in [6.07, 6.45) is 1.52. The van der Waals surface area contributed by atoms with Gasteiger partial charge in [0.25, 0.3) is 11.5 Å². The van der Waals surface area contributed by atoms with Crippen LogP contribution in [0, 0.1) is 0 Å². The fourth-order valence-electron chi connectivity index (χ4n) is 2.99. The van der Waals surface area contributed by atoms with Crippen molar-refractivity contribution in [2.75, 3.05) is 0 Å². The lowest BCUT2D eigenvalue weighted by atomic mass is 10.2. The number of benzene rings is 2. The second kappa shape index (κ2) is 8.96. The summed E-state index contributed by atoms with van der Waals surface area (Å²) in [7, 11) is 0. The number of hydrogen-bond donors (Lipinski definition) is 2. The Balaban J connectivity index is 1.37. The zero-order chi connectivity index (χ0) is 20.8. The number of furan rings is 1. The van der Waals surface area contributed by atoms with E-state index in [9.17, 15) is 9.59 Å². The van der Waals surface area contributed by atoms with Crippen LogP contribution in [0.15, 0.2) is 94.3 Å². The van der Waals surface area contributed by atoms with Crippen LogP contribution in [0.2, 0.25) is 0 Å². The predicted octanol–water partition coefficient (Wildman–Crippen LogP) is 4.14. The van der Waals surface area contributed by atoms with Gasteiger partial charge in [0.2, 0.25) is 0 Å². The molecule has 4 rings (SSSR count). The van der Waals surface area contributed by atoms with E-state index < -0.39 is 11.5 Å². The van der Waals surface area contributed by atoms with Gasteiger partial charge in [0.05, 0.1) is 12.0 Å². The van der Waals surface area contributed by atoms with Gasteiger partial charge in [-0.3, -0.25) is 9.59 Å². The molecule has 0 aliphatic rings. The summed E-state index contributed by atoms with van der Waals surface area (Å²) < 4.78 is 11.1. The molecule has 0 saturated carbocycles. The monoisotopic (exact) mass is 400 g/mol. The number of H-pyrrole nitrogens is 1. The van der Waals surface area contributed by atoms with Crippen molar-refractivity contribution >= 4 is 5.91 Å². The van der Waals surface area contributed by atoms with E-state index in [4.69, 9.17) is 9.15 Å². The number of hydrogen-bond acceptors (Lipinski definition) is 4. The van der Waals surface area contributed by atoms with Gasteiger partial charge < -0.3 is 19.5 Å². The molecular formula is C24H20N2O4. The van der Waals surface area contributed by atoms with Crippen molar-refractivity contribution in [1.82, 2.24) is 10.3 Å². The van der Waals surface area contributed by atoms with E-state index in [-0.39, 0.29) is 12.1 Å². The van der Waals surface area contributed by atoms with Gasteiger partial charge in [0.15, 0.2) is 0 Å². The summed E-state index contributed by atoms with van der Waals surface area (Å²) in [4.78, 5) is 27.4. The number of amides is 1. The summed E-state index contributed by atoms with van der Waals surface area (Å²) >= 11 is 0. The molecule has 0 radical (unpaired) electrons. The van der Waals surface area contributed by atoms with Crippen LogP contribution < -0.4 is 15.6 Å². The number of ether oxygens (including phenoxy) is 1. The zero-order valence-corrected chi connectivity index (χ0v) is 16.1. The predicted molar refractivity (Wildman–Crippen MR) is 113 cm³/mol. The molecule has 30 heavy (non-hydrogen) atoms. The quantitative estimate of drug-likeness (QED) is 0.488. The Bertz CT molecular complexity index is 1180. The maximum atomic E-state index is 12.4. The Labute approximate surface area is 173 Å². The lowest BCUT2D eigenvalue weighted by molar-refractivity contribution is 0.0949. The molecule has 1 amide bonds. The number of carbonyl (C=O) groups excluding carboxylic acids is 1. The summed E-state index contributed by atoms with van der Waals surface area (Å²) in [5, 5.41) is 2.77. The molecule has 6 heteroatoms. The first-order valence-electron chi connectivity index (χ1n) is 9.50. The first-order chi connectivity index (χ1) is 14.7. The SMILES string of the molecule is O=C(NCc1cccc(OCc2ccccc2)c1)c1ccc(-c2ccco2)[nH]c1=O. The molecule has 0 spiro atoms. The second-order valence-corrected chi connectivity index (χ2v) is 6.70. The smallest absolute Gasteiger partial charge is 0.261 e. The van der Waals surface area contributed by atoms with Gasteiger partial charge in [0, 0.05) is 6.54 Å². The van der Waals surface area contributed by atoms with E-state index in [1.165, 1.54) is 12.3 Å². The Kier molecular flexibility index (Phi) is 5.75. The number of aromatic nitrogens is 1. The lowest BCUT2D eigenvalue weighted by Crippen LogP contribution is -2.29. The Morgan fingerprint density at radius 1 is 0.933 bits per heavy atom. The van der Waals surface area contributed by atoms with E-state index in [0.29, 0.717) is 23.8 Å². The van der Waals surface area contributed by atoms with Crippen LogP contribution in [0.4, 0.5) is 0 Å². The maximum Gasteiger partial charge on any atom is 0.261 e. The van der Waals surface area contributed by atoms with Crippen molar-refractivity contribution in [1.29, 1.82) is 0 Å². The van der Waals surface area contributed by atoms with Crippen molar-refractivity contribution in [3.63, 3.8) is 0 Å². The molecule has 4 aromatic rings. The van der Waals surface area contributed by atoms with Gasteiger partial charge in [-0.1, -0.05) is 42.5 Å². The highest BCUT2D eigenvalue weighted by molar-refractivity contribution is 5.94. The van der Waals surface area contributed by atoms with Gasteiger partial charge in [-0.15, -0.1) is 0 Å². The first kappa shape index (κ1) is 19.3. The second-order valence-electron chi connectivity index (χ2n) is 6.70. The summed E-state index contributed by atoms with van der Waals surface area (Å²) in [5.74, 6) is 0.801. The molecular weight excluding hydrogens is 380 g/mol. The molecule has 6 nitrogen and oxygen atoms in total. The minimum atomic E-state index is -0.471. The van der Waals surface area contributed by atoms with Crippen LogP contribution >= 0.6 is 0 Å². The Morgan fingerprint density at radius 3 is 2.53 bits per heavy atom. The third-order valence-electron chi connectivity index (χ3n) is 4.54. The third-order valence-corrected chi connectivity index (χ3v) is 4.54. The van der Waals surface area contributed by atoms with Crippen molar-refractivity contribution < 1.29 is 13.9 Å². The first-order valence-corrected chi connectivity index (χ1v) is 9.50. The summed E-state index contributed by atoms with van der Waals surface area (Å²) in [5.41, 5.74) is 2.04. The zero-order valence-electron chi connectivity index (χ0n) is 16.1. The minimum absolute atomic E-state index is 0.0433. The molecule has 2 heterocycles. The fourth-order valence-corrected chi connectivity index (χ4v) is 2.99. The molecule has 0 fully saturated rings. The van der Waals surface area contributed by atoms with E-state index in [1.807, 2.05) is 54.6 Å². The van der Waals surface area contributed by atoms with E-state index >= 15 is 0 Å². The minimum Gasteiger partial charge on any atom is -0.489 e. The molecule has 0 atom stereocenters. The molecule has 0 unspecified atom stereocenters.